The zero-order chi connectivity index (χ0) is 36.8. The first kappa shape index (κ1) is 48.9. The van der Waals surface area contributed by atoms with Crippen molar-refractivity contribution < 1.29 is 24.2 Å². The van der Waals surface area contributed by atoms with Crippen LogP contribution in [0.2, 0.25) is 0 Å². The number of esters is 2. The number of ether oxygens (including phenoxy) is 2. The van der Waals surface area contributed by atoms with E-state index in [0.29, 0.717) is 12.8 Å². The van der Waals surface area contributed by atoms with Crippen molar-refractivity contribution in [2.45, 2.75) is 252 Å². The molecule has 0 radical (unpaired) electrons. The fourth-order valence-electron chi connectivity index (χ4n) is 6.75. The summed E-state index contributed by atoms with van der Waals surface area (Å²) in [5, 5.41) is 10.0. The first-order valence-corrected chi connectivity index (χ1v) is 22.4. The Morgan fingerprint density at radius 1 is 0.400 bits per heavy atom. The van der Waals surface area contributed by atoms with Crippen LogP contribution >= 0.6 is 0 Å². The van der Waals surface area contributed by atoms with Crippen LogP contribution in [0, 0.1) is 11.8 Å². The third kappa shape index (κ3) is 38.1. The second kappa shape index (κ2) is 39.1. The van der Waals surface area contributed by atoms with Crippen molar-refractivity contribution in [3.8, 4) is 0 Å². The molecule has 0 aromatic carbocycles. The molecular formula is C45H88O5. The van der Waals surface area contributed by atoms with Gasteiger partial charge >= 0.3 is 11.9 Å². The number of carbonyl (C=O) groups is 2. The van der Waals surface area contributed by atoms with E-state index in [9.17, 15) is 14.7 Å². The lowest BCUT2D eigenvalue weighted by atomic mass is 9.99. The predicted molar refractivity (Wildman–Crippen MR) is 215 cm³/mol. The van der Waals surface area contributed by atoms with E-state index >= 15 is 0 Å². The number of unbranched alkanes of at least 4 members (excludes halogenated alkanes) is 26. The second-order valence-corrected chi connectivity index (χ2v) is 16.0. The number of carbonyl (C=O) groups excluding carboxylic acids is 2. The molecular weight excluding hydrogens is 620 g/mol. The molecule has 0 rings (SSSR count). The number of rotatable bonds is 40. The van der Waals surface area contributed by atoms with Crippen LogP contribution in [0.25, 0.3) is 0 Å². The van der Waals surface area contributed by atoms with Gasteiger partial charge in [-0.25, -0.2) is 0 Å². The Kier molecular flexibility index (Phi) is 38.3. The molecule has 0 bridgehead atoms. The van der Waals surface area contributed by atoms with Gasteiger partial charge in [-0.3, -0.25) is 9.59 Å². The fraction of sp³-hybridized carbons (Fsp3) is 0.956. The average molecular weight is 709 g/mol. The van der Waals surface area contributed by atoms with Gasteiger partial charge in [-0.2, -0.15) is 0 Å². The van der Waals surface area contributed by atoms with Crippen LogP contribution in [0.4, 0.5) is 0 Å². The number of hydrogen-bond acceptors (Lipinski definition) is 5. The van der Waals surface area contributed by atoms with Gasteiger partial charge in [0.25, 0.3) is 0 Å². The van der Waals surface area contributed by atoms with Crippen molar-refractivity contribution in [2.24, 2.45) is 11.8 Å². The lowest BCUT2D eigenvalue weighted by Crippen LogP contribution is -2.25. The first-order chi connectivity index (χ1) is 24.4. The third-order valence-corrected chi connectivity index (χ3v) is 10.9. The average Bonchev–Trinajstić information content (AvgIpc) is 3.12. The van der Waals surface area contributed by atoms with Crippen molar-refractivity contribution in [3.05, 3.63) is 0 Å². The van der Waals surface area contributed by atoms with Crippen molar-refractivity contribution in [1.29, 1.82) is 0 Å². The summed E-state index contributed by atoms with van der Waals surface area (Å²) in [5.41, 5.74) is 0. The molecule has 1 N–H and O–H groups in total. The topological polar surface area (TPSA) is 72.8 Å². The molecule has 0 saturated carbocycles. The normalized spacial score (nSPS) is 13.3. The molecule has 0 heterocycles. The maximum atomic E-state index is 12.0. The molecule has 0 fully saturated rings. The van der Waals surface area contributed by atoms with Gasteiger partial charge in [-0.15, -0.1) is 0 Å². The van der Waals surface area contributed by atoms with E-state index < -0.39 is 6.10 Å². The van der Waals surface area contributed by atoms with E-state index in [1.54, 1.807) is 0 Å². The quantitative estimate of drug-likeness (QED) is 0.0507. The summed E-state index contributed by atoms with van der Waals surface area (Å²) >= 11 is 0. The molecule has 0 saturated heterocycles. The molecule has 0 aliphatic rings. The van der Waals surface area contributed by atoms with E-state index in [2.05, 4.69) is 27.7 Å². The van der Waals surface area contributed by atoms with Gasteiger partial charge in [-0.1, -0.05) is 220 Å². The van der Waals surface area contributed by atoms with Gasteiger partial charge in [0.05, 0.1) is 0 Å². The Balaban J connectivity index is 3.36. The summed E-state index contributed by atoms with van der Waals surface area (Å²) in [6, 6.07) is 0. The van der Waals surface area contributed by atoms with E-state index in [1.807, 2.05) is 0 Å². The van der Waals surface area contributed by atoms with E-state index in [-0.39, 0.29) is 25.2 Å². The number of aliphatic hydroxyl groups is 1. The van der Waals surface area contributed by atoms with Gasteiger partial charge in [0.1, 0.15) is 19.3 Å². The van der Waals surface area contributed by atoms with Gasteiger partial charge in [0, 0.05) is 12.8 Å². The van der Waals surface area contributed by atoms with Crippen LogP contribution in [-0.2, 0) is 19.1 Å². The molecule has 0 aromatic rings. The van der Waals surface area contributed by atoms with Crippen LogP contribution < -0.4 is 0 Å². The maximum absolute atomic E-state index is 12.0. The highest BCUT2D eigenvalue weighted by Gasteiger charge is 2.12. The minimum absolute atomic E-state index is 0.108. The minimum Gasteiger partial charge on any atom is -0.463 e. The molecule has 5 heteroatoms. The molecule has 0 aromatic heterocycles. The zero-order valence-corrected chi connectivity index (χ0v) is 34.3. The molecule has 0 spiro atoms. The highest BCUT2D eigenvalue weighted by Crippen LogP contribution is 2.18. The Bertz CT molecular complexity index is 710. The van der Waals surface area contributed by atoms with Gasteiger partial charge < -0.3 is 14.6 Å². The van der Waals surface area contributed by atoms with Crippen LogP contribution in [-0.4, -0.2) is 36.4 Å². The lowest BCUT2D eigenvalue weighted by molar-refractivity contribution is -0.152. The van der Waals surface area contributed by atoms with Crippen LogP contribution in [0.15, 0.2) is 0 Å². The Morgan fingerprint density at radius 3 is 0.860 bits per heavy atom. The molecule has 2 unspecified atom stereocenters. The van der Waals surface area contributed by atoms with Gasteiger partial charge in [-0.05, 0) is 24.7 Å². The molecule has 5 nitrogen and oxygen atoms in total. The second-order valence-electron chi connectivity index (χ2n) is 16.0. The lowest BCUT2D eigenvalue weighted by Gasteiger charge is -2.12. The number of aliphatic hydroxyl groups excluding tert-OH is 1. The summed E-state index contributed by atoms with van der Waals surface area (Å²) in [7, 11) is 0. The van der Waals surface area contributed by atoms with Crippen molar-refractivity contribution >= 4 is 11.9 Å². The smallest absolute Gasteiger partial charge is 0.305 e. The van der Waals surface area contributed by atoms with Crippen molar-refractivity contribution in [2.75, 3.05) is 13.2 Å². The monoisotopic (exact) mass is 709 g/mol. The highest BCUT2D eigenvalue weighted by molar-refractivity contribution is 5.69. The molecule has 0 amide bonds. The van der Waals surface area contributed by atoms with Gasteiger partial charge in [0.2, 0.25) is 0 Å². The number of hydrogen-bond donors (Lipinski definition) is 1. The van der Waals surface area contributed by atoms with E-state index in [0.717, 1.165) is 37.5 Å². The van der Waals surface area contributed by atoms with Crippen molar-refractivity contribution in [1.82, 2.24) is 0 Å². The fourth-order valence-corrected chi connectivity index (χ4v) is 6.75. The summed E-state index contributed by atoms with van der Waals surface area (Å²) in [6.07, 6.45) is 41.6. The Morgan fingerprint density at radius 2 is 0.620 bits per heavy atom. The van der Waals surface area contributed by atoms with E-state index in [4.69, 9.17) is 9.47 Å². The van der Waals surface area contributed by atoms with Gasteiger partial charge in [0.15, 0.2) is 0 Å². The molecule has 0 aliphatic carbocycles. The minimum atomic E-state index is -0.957. The largest absolute Gasteiger partial charge is 0.463 e. The highest BCUT2D eigenvalue weighted by atomic mass is 16.6. The Labute approximate surface area is 312 Å². The standard InChI is InChI=1S/C45H88O5/c1-5-41(3)35-31-27-23-19-15-13-11-9-7-8-10-12-14-16-21-25-29-33-37-44(47)49-39-43(46)40-50-45(48)38-34-30-26-22-18-17-20-24-28-32-36-42(4)6-2/h41-43,46H,5-40H2,1-4H3/t41?,42?,43-/m0/s1. The maximum Gasteiger partial charge on any atom is 0.305 e. The Hall–Kier alpha value is -1.10. The first-order valence-electron chi connectivity index (χ1n) is 22.4. The van der Waals surface area contributed by atoms with E-state index in [1.165, 1.54) is 180 Å². The van der Waals surface area contributed by atoms with Crippen LogP contribution in [0.5, 0.6) is 0 Å². The molecule has 298 valence electrons. The van der Waals surface area contributed by atoms with Crippen LogP contribution in [0.1, 0.15) is 246 Å². The zero-order valence-electron chi connectivity index (χ0n) is 34.3. The third-order valence-electron chi connectivity index (χ3n) is 10.9. The molecule has 0 aliphatic heterocycles. The van der Waals surface area contributed by atoms with Crippen molar-refractivity contribution in [3.63, 3.8) is 0 Å². The summed E-state index contributed by atoms with van der Waals surface area (Å²) in [4.78, 5) is 24.0. The summed E-state index contributed by atoms with van der Waals surface area (Å²) in [6.45, 7) is 9.11. The predicted octanol–water partition coefficient (Wildman–Crippen LogP) is 14.0. The molecule has 3 atom stereocenters. The summed E-state index contributed by atoms with van der Waals surface area (Å²) < 4.78 is 10.4. The summed E-state index contributed by atoms with van der Waals surface area (Å²) in [5.74, 6) is 1.25. The van der Waals surface area contributed by atoms with Crippen LogP contribution in [0.3, 0.4) is 0 Å². The SMILES string of the molecule is CCC(C)CCCCCCCCCCCCCCCCCCCCC(=O)OC[C@H](O)COC(=O)CCCCCCCCCCCCC(C)CC. The molecule has 50 heavy (non-hydrogen) atoms.